The van der Waals surface area contributed by atoms with Crippen LogP contribution in [0.2, 0.25) is 0 Å². The van der Waals surface area contributed by atoms with Crippen molar-refractivity contribution in [2.24, 2.45) is 5.73 Å². The highest BCUT2D eigenvalue weighted by atomic mass is 16.5. The number of hydrogen-bond acceptors (Lipinski definition) is 3. The molecular weight excluding hydrogens is 212 g/mol. The summed E-state index contributed by atoms with van der Waals surface area (Å²) in [6, 6.07) is 0.322. The molecule has 0 saturated heterocycles. The van der Waals surface area contributed by atoms with Crippen LogP contribution < -0.4 is 10.5 Å². The summed E-state index contributed by atoms with van der Waals surface area (Å²) in [5, 5.41) is 0. The molecule has 3 heteroatoms. The number of hydrogen-bond donors (Lipinski definition) is 1. The van der Waals surface area contributed by atoms with Gasteiger partial charge in [-0.15, -0.1) is 0 Å². The third-order valence-electron chi connectivity index (χ3n) is 3.26. The fourth-order valence-electron chi connectivity index (χ4n) is 2.06. The monoisotopic (exact) mass is 236 g/mol. The van der Waals surface area contributed by atoms with Crippen molar-refractivity contribution in [3.8, 4) is 5.75 Å². The number of ether oxygens (including phenoxy) is 1. The van der Waals surface area contributed by atoms with Crippen LogP contribution in [0.3, 0.4) is 0 Å². The van der Waals surface area contributed by atoms with Gasteiger partial charge in [0.15, 0.2) is 0 Å². The molecule has 0 aromatic carbocycles. The minimum Gasteiger partial charge on any atom is -0.496 e. The molecule has 1 aromatic rings. The predicted octanol–water partition coefficient (Wildman–Crippen LogP) is 2.77. The Morgan fingerprint density at radius 1 is 1.41 bits per heavy atom. The number of aryl methyl sites for hydroxylation is 2. The van der Waals surface area contributed by atoms with Crippen LogP contribution in [0, 0.1) is 13.8 Å². The summed E-state index contributed by atoms with van der Waals surface area (Å²) >= 11 is 0. The molecule has 96 valence electrons. The molecule has 0 spiro atoms. The molecule has 1 unspecified atom stereocenters. The topological polar surface area (TPSA) is 48.1 Å². The summed E-state index contributed by atoms with van der Waals surface area (Å²) in [6.07, 6.45) is 6.07. The van der Waals surface area contributed by atoms with Crippen molar-refractivity contribution in [3.63, 3.8) is 0 Å². The van der Waals surface area contributed by atoms with Gasteiger partial charge in [0, 0.05) is 29.1 Å². The van der Waals surface area contributed by atoms with Crippen molar-refractivity contribution in [1.29, 1.82) is 0 Å². The van der Waals surface area contributed by atoms with Crippen LogP contribution >= 0.6 is 0 Å². The van der Waals surface area contributed by atoms with Gasteiger partial charge >= 0.3 is 0 Å². The number of nitrogens with zero attached hydrogens (tertiary/aromatic N) is 1. The second kappa shape index (κ2) is 6.60. The molecule has 0 fully saturated rings. The van der Waals surface area contributed by atoms with Gasteiger partial charge in [-0.3, -0.25) is 4.98 Å². The quantitative estimate of drug-likeness (QED) is 0.826. The summed E-state index contributed by atoms with van der Waals surface area (Å²) in [5.74, 6) is 0.967. The molecule has 3 nitrogen and oxygen atoms in total. The van der Waals surface area contributed by atoms with E-state index in [2.05, 4.69) is 18.8 Å². The molecule has 1 aromatic heterocycles. The lowest BCUT2D eigenvalue weighted by atomic mass is 10.0. The fourth-order valence-corrected chi connectivity index (χ4v) is 2.06. The zero-order valence-corrected chi connectivity index (χ0v) is 11.4. The summed E-state index contributed by atoms with van der Waals surface area (Å²) in [6.45, 7) is 6.23. The number of nitrogens with two attached hydrogens (primary N) is 1. The van der Waals surface area contributed by atoms with Crippen molar-refractivity contribution < 1.29 is 4.74 Å². The van der Waals surface area contributed by atoms with Gasteiger partial charge in [0.1, 0.15) is 5.75 Å². The van der Waals surface area contributed by atoms with E-state index in [1.165, 1.54) is 0 Å². The van der Waals surface area contributed by atoms with Gasteiger partial charge in [-0.25, -0.2) is 0 Å². The van der Waals surface area contributed by atoms with Crippen molar-refractivity contribution >= 4 is 0 Å². The van der Waals surface area contributed by atoms with Gasteiger partial charge in [0.05, 0.1) is 7.11 Å². The first-order valence-corrected chi connectivity index (χ1v) is 6.34. The Balaban J connectivity index is 2.66. The first kappa shape index (κ1) is 14.0. The molecule has 17 heavy (non-hydrogen) atoms. The van der Waals surface area contributed by atoms with Crippen LogP contribution in [0.4, 0.5) is 0 Å². The van der Waals surface area contributed by atoms with Crippen LogP contribution in [-0.4, -0.2) is 18.1 Å². The molecule has 0 radical (unpaired) electrons. The molecular formula is C14H24N2O. The first-order chi connectivity index (χ1) is 8.10. The lowest BCUT2D eigenvalue weighted by Crippen LogP contribution is -2.18. The van der Waals surface area contributed by atoms with Gasteiger partial charge in [0.25, 0.3) is 0 Å². The number of rotatable bonds is 6. The summed E-state index contributed by atoms with van der Waals surface area (Å²) in [4.78, 5) is 4.49. The van der Waals surface area contributed by atoms with Gasteiger partial charge < -0.3 is 10.5 Å². The molecule has 1 atom stereocenters. The molecule has 0 bridgehead atoms. The standard InChI is InChI=1S/C14H24N2O/c1-5-12(15)7-6-8-13-11(3)14(17-4)10(2)9-16-13/h9,12H,5-8,15H2,1-4H3. The van der Waals surface area contributed by atoms with E-state index in [1.807, 2.05) is 13.1 Å². The van der Waals surface area contributed by atoms with Crippen LogP contribution in [0.15, 0.2) is 6.20 Å². The zero-order valence-electron chi connectivity index (χ0n) is 11.4. The normalized spacial score (nSPS) is 12.5. The lowest BCUT2D eigenvalue weighted by Gasteiger charge is -2.13. The van der Waals surface area contributed by atoms with E-state index in [-0.39, 0.29) is 0 Å². The maximum absolute atomic E-state index is 5.91. The van der Waals surface area contributed by atoms with Gasteiger partial charge in [-0.1, -0.05) is 6.92 Å². The van der Waals surface area contributed by atoms with Gasteiger partial charge in [0.2, 0.25) is 0 Å². The van der Waals surface area contributed by atoms with E-state index in [0.717, 1.165) is 48.3 Å². The molecule has 1 heterocycles. The van der Waals surface area contributed by atoms with Crippen molar-refractivity contribution in [1.82, 2.24) is 4.98 Å². The van der Waals surface area contributed by atoms with Gasteiger partial charge in [-0.05, 0) is 39.5 Å². The maximum atomic E-state index is 5.91. The van der Waals surface area contributed by atoms with Crippen molar-refractivity contribution in [2.45, 2.75) is 52.5 Å². The van der Waals surface area contributed by atoms with E-state index in [9.17, 15) is 0 Å². The highest BCUT2D eigenvalue weighted by Crippen LogP contribution is 2.24. The molecule has 0 amide bonds. The van der Waals surface area contributed by atoms with E-state index >= 15 is 0 Å². The second-order valence-corrected chi connectivity index (χ2v) is 4.61. The average molecular weight is 236 g/mol. The molecule has 0 aliphatic rings. The second-order valence-electron chi connectivity index (χ2n) is 4.61. The Morgan fingerprint density at radius 2 is 2.12 bits per heavy atom. The van der Waals surface area contributed by atoms with E-state index in [4.69, 9.17) is 10.5 Å². The summed E-state index contributed by atoms with van der Waals surface area (Å²) in [7, 11) is 1.71. The lowest BCUT2D eigenvalue weighted by molar-refractivity contribution is 0.406. The number of methoxy groups -OCH3 is 1. The SMILES string of the molecule is CCC(N)CCCc1ncc(C)c(OC)c1C. The molecule has 2 N–H and O–H groups in total. The molecule has 0 saturated carbocycles. The third kappa shape index (κ3) is 3.70. The summed E-state index contributed by atoms with van der Waals surface area (Å²) < 4.78 is 5.40. The van der Waals surface area contributed by atoms with Crippen molar-refractivity contribution in [3.05, 3.63) is 23.0 Å². The van der Waals surface area contributed by atoms with Gasteiger partial charge in [-0.2, -0.15) is 0 Å². The minimum atomic E-state index is 0.322. The summed E-state index contributed by atoms with van der Waals surface area (Å²) in [5.41, 5.74) is 9.31. The predicted molar refractivity (Wildman–Crippen MR) is 71.5 cm³/mol. The Kier molecular flexibility index (Phi) is 5.42. The smallest absolute Gasteiger partial charge is 0.128 e. The third-order valence-corrected chi connectivity index (χ3v) is 3.26. The first-order valence-electron chi connectivity index (χ1n) is 6.34. The maximum Gasteiger partial charge on any atom is 0.128 e. The van der Waals surface area contributed by atoms with Crippen LogP contribution in [0.25, 0.3) is 0 Å². The number of aromatic nitrogens is 1. The van der Waals surface area contributed by atoms with E-state index in [0.29, 0.717) is 6.04 Å². The van der Waals surface area contributed by atoms with Crippen LogP contribution in [-0.2, 0) is 6.42 Å². The van der Waals surface area contributed by atoms with Crippen molar-refractivity contribution in [2.75, 3.05) is 7.11 Å². The highest BCUT2D eigenvalue weighted by molar-refractivity contribution is 5.41. The molecule has 1 rings (SSSR count). The van der Waals surface area contributed by atoms with E-state index < -0.39 is 0 Å². The van der Waals surface area contributed by atoms with Crippen LogP contribution in [0.1, 0.15) is 43.0 Å². The molecule has 0 aliphatic heterocycles. The Hall–Kier alpha value is -1.09. The average Bonchev–Trinajstić information content (AvgIpc) is 2.32. The Labute approximate surface area is 104 Å². The Bertz CT molecular complexity index is 363. The largest absolute Gasteiger partial charge is 0.496 e. The zero-order chi connectivity index (χ0) is 12.8. The fraction of sp³-hybridized carbons (Fsp3) is 0.643. The van der Waals surface area contributed by atoms with Crippen LogP contribution in [0.5, 0.6) is 5.75 Å². The Morgan fingerprint density at radius 3 is 2.71 bits per heavy atom. The minimum absolute atomic E-state index is 0.322. The highest BCUT2D eigenvalue weighted by Gasteiger charge is 2.09. The number of pyridine rings is 1. The molecule has 0 aliphatic carbocycles. The van der Waals surface area contributed by atoms with E-state index in [1.54, 1.807) is 7.11 Å².